The zero-order valence-electron chi connectivity index (χ0n) is 10.0. The molecule has 0 aliphatic carbocycles. The van der Waals surface area contributed by atoms with Gasteiger partial charge < -0.3 is 5.32 Å². The molecule has 0 saturated heterocycles. The molecule has 2 aromatic rings. The Morgan fingerprint density at radius 2 is 2.29 bits per heavy atom. The van der Waals surface area contributed by atoms with Crippen LogP contribution in [-0.2, 0) is 10.8 Å². The second-order valence-electron chi connectivity index (χ2n) is 3.85. The lowest BCUT2D eigenvalue weighted by Gasteiger charge is -2.00. The van der Waals surface area contributed by atoms with E-state index in [1.807, 2.05) is 6.92 Å². The maximum atomic E-state index is 11.3. The van der Waals surface area contributed by atoms with E-state index < -0.39 is 10.8 Å². The van der Waals surface area contributed by atoms with E-state index >= 15 is 0 Å². The summed E-state index contributed by atoms with van der Waals surface area (Å²) in [6.07, 6.45) is 0. The average Bonchev–Trinajstić information content (AvgIpc) is 2.70. The van der Waals surface area contributed by atoms with E-state index in [2.05, 4.69) is 35.4 Å². The van der Waals surface area contributed by atoms with Crippen molar-refractivity contribution in [3.8, 4) is 0 Å². The van der Waals surface area contributed by atoms with Crippen molar-refractivity contribution in [2.75, 3.05) is 23.4 Å². The highest BCUT2D eigenvalue weighted by Gasteiger charge is 2.03. The maximum absolute atomic E-state index is 11.3. The summed E-state index contributed by atoms with van der Waals surface area (Å²) in [5.74, 6) is 1.41. The monoisotopic (exact) mass is 268 g/mol. The lowest BCUT2D eigenvalue weighted by molar-refractivity contribution is 0.684. The molecule has 0 radical (unpaired) electrons. The highest BCUT2D eigenvalue weighted by atomic mass is 32.2. The van der Waals surface area contributed by atoms with E-state index in [1.165, 1.54) is 10.3 Å². The lowest BCUT2D eigenvalue weighted by atomic mass is 10.2. The van der Waals surface area contributed by atoms with Crippen molar-refractivity contribution >= 4 is 37.5 Å². The third-order valence-corrected chi connectivity index (χ3v) is 4.77. The summed E-state index contributed by atoms with van der Waals surface area (Å²) >= 11 is 1.64. The zero-order chi connectivity index (χ0) is 12.3. The molecule has 0 aliphatic rings. The number of rotatable bonds is 5. The first-order chi connectivity index (χ1) is 8.19. The number of nitrogens with one attached hydrogen (secondary N) is 1. The second-order valence-corrected chi connectivity index (χ2v) is 6.75. The van der Waals surface area contributed by atoms with Gasteiger partial charge in [0.2, 0.25) is 0 Å². The summed E-state index contributed by atoms with van der Waals surface area (Å²) in [6.45, 7) is 4.73. The van der Waals surface area contributed by atoms with Crippen LogP contribution in [0.25, 0.3) is 10.2 Å². The molecular formula is C12H16N2OS2. The van der Waals surface area contributed by atoms with Gasteiger partial charge in [0.25, 0.3) is 0 Å². The van der Waals surface area contributed by atoms with E-state index in [1.54, 1.807) is 11.3 Å². The summed E-state index contributed by atoms with van der Waals surface area (Å²) in [7, 11) is -0.708. The van der Waals surface area contributed by atoms with Crippen molar-refractivity contribution in [3.05, 3.63) is 23.8 Å². The van der Waals surface area contributed by atoms with Crippen molar-refractivity contribution in [2.45, 2.75) is 13.8 Å². The quantitative estimate of drug-likeness (QED) is 0.906. The predicted molar refractivity (Wildman–Crippen MR) is 76.4 cm³/mol. The summed E-state index contributed by atoms with van der Waals surface area (Å²) in [5.41, 5.74) is 2.26. The van der Waals surface area contributed by atoms with Crippen LogP contribution >= 0.6 is 11.3 Å². The molecule has 0 amide bonds. The molecule has 1 atom stereocenters. The Balaban J connectivity index is 2.02. The Labute approximate surface area is 108 Å². The molecule has 1 N–H and O–H groups in total. The van der Waals surface area contributed by atoms with Gasteiger partial charge in [-0.05, 0) is 24.6 Å². The predicted octanol–water partition coefficient (Wildman–Crippen LogP) is 2.79. The van der Waals surface area contributed by atoms with Crippen molar-refractivity contribution in [1.82, 2.24) is 4.98 Å². The number of thiazole rings is 1. The smallest absolute Gasteiger partial charge is 0.183 e. The van der Waals surface area contributed by atoms with Gasteiger partial charge in [0, 0.05) is 28.9 Å². The van der Waals surface area contributed by atoms with Crippen LogP contribution in [0.15, 0.2) is 18.2 Å². The summed E-state index contributed by atoms with van der Waals surface area (Å²) in [6, 6.07) is 6.27. The zero-order valence-corrected chi connectivity index (χ0v) is 11.7. The van der Waals surface area contributed by atoms with Gasteiger partial charge >= 0.3 is 0 Å². The fourth-order valence-electron chi connectivity index (χ4n) is 1.53. The van der Waals surface area contributed by atoms with Gasteiger partial charge in [-0.2, -0.15) is 0 Å². The first-order valence-corrected chi connectivity index (χ1v) is 7.95. The number of aryl methyl sites for hydroxylation is 1. The van der Waals surface area contributed by atoms with Gasteiger partial charge in [-0.15, -0.1) is 0 Å². The molecular weight excluding hydrogens is 252 g/mol. The SMILES string of the molecule is CCS(=O)CCNc1nc2cc(C)ccc2s1. The molecule has 0 spiro atoms. The summed E-state index contributed by atoms with van der Waals surface area (Å²) in [4.78, 5) is 4.50. The van der Waals surface area contributed by atoms with Crippen molar-refractivity contribution < 1.29 is 4.21 Å². The normalized spacial score (nSPS) is 12.8. The van der Waals surface area contributed by atoms with Gasteiger partial charge in [0.15, 0.2) is 5.13 Å². The molecule has 0 saturated carbocycles. The van der Waals surface area contributed by atoms with Crippen LogP contribution in [0, 0.1) is 6.92 Å². The van der Waals surface area contributed by atoms with Crippen LogP contribution < -0.4 is 5.32 Å². The maximum Gasteiger partial charge on any atom is 0.183 e. The number of aromatic nitrogens is 1. The Morgan fingerprint density at radius 1 is 1.47 bits per heavy atom. The molecule has 2 rings (SSSR count). The fraction of sp³-hybridized carbons (Fsp3) is 0.417. The minimum Gasteiger partial charge on any atom is -0.361 e. The van der Waals surface area contributed by atoms with E-state index in [0.717, 1.165) is 22.9 Å². The average molecular weight is 268 g/mol. The number of fused-ring (bicyclic) bond motifs is 1. The molecule has 17 heavy (non-hydrogen) atoms. The van der Waals surface area contributed by atoms with Crippen LogP contribution in [-0.4, -0.2) is 27.2 Å². The number of benzene rings is 1. The summed E-state index contributed by atoms with van der Waals surface area (Å²) in [5, 5.41) is 4.15. The van der Waals surface area contributed by atoms with Crippen LogP contribution in [0.3, 0.4) is 0 Å². The summed E-state index contributed by atoms with van der Waals surface area (Å²) < 4.78 is 12.5. The van der Waals surface area contributed by atoms with Gasteiger partial charge in [-0.1, -0.05) is 24.3 Å². The lowest BCUT2D eigenvalue weighted by Crippen LogP contribution is -2.11. The molecule has 0 fully saturated rings. The Hall–Kier alpha value is -0.940. The first-order valence-electron chi connectivity index (χ1n) is 5.65. The van der Waals surface area contributed by atoms with Gasteiger partial charge in [0.05, 0.1) is 10.2 Å². The number of hydrogen-bond donors (Lipinski definition) is 1. The molecule has 5 heteroatoms. The highest BCUT2D eigenvalue weighted by molar-refractivity contribution is 7.84. The topological polar surface area (TPSA) is 42.0 Å². The molecule has 0 aliphatic heterocycles. The van der Waals surface area contributed by atoms with Crippen LogP contribution in [0.5, 0.6) is 0 Å². The molecule has 1 aromatic heterocycles. The minimum atomic E-state index is -0.708. The number of nitrogens with zero attached hydrogens (tertiary/aromatic N) is 1. The molecule has 1 unspecified atom stereocenters. The minimum absolute atomic E-state index is 0.686. The van der Waals surface area contributed by atoms with Crippen molar-refractivity contribution in [1.29, 1.82) is 0 Å². The molecule has 1 aromatic carbocycles. The molecule has 3 nitrogen and oxygen atoms in total. The van der Waals surface area contributed by atoms with Gasteiger partial charge in [0.1, 0.15) is 0 Å². The third kappa shape index (κ3) is 3.26. The largest absolute Gasteiger partial charge is 0.361 e. The number of anilines is 1. The first kappa shape index (κ1) is 12.5. The van der Waals surface area contributed by atoms with E-state index in [4.69, 9.17) is 0 Å². The van der Waals surface area contributed by atoms with Gasteiger partial charge in [-0.25, -0.2) is 4.98 Å². The third-order valence-electron chi connectivity index (χ3n) is 2.47. The second kappa shape index (κ2) is 5.60. The van der Waals surface area contributed by atoms with Crippen molar-refractivity contribution in [2.24, 2.45) is 0 Å². The molecule has 0 bridgehead atoms. The van der Waals surface area contributed by atoms with E-state index in [-0.39, 0.29) is 0 Å². The Morgan fingerprint density at radius 3 is 3.06 bits per heavy atom. The van der Waals surface area contributed by atoms with Crippen LogP contribution in [0.1, 0.15) is 12.5 Å². The van der Waals surface area contributed by atoms with Crippen LogP contribution in [0.2, 0.25) is 0 Å². The standard InChI is InChI=1S/C12H16N2OS2/c1-3-17(15)7-6-13-12-14-10-8-9(2)4-5-11(10)16-12/h4-5,8H,3,6-7H2,1-2H3,(H,13,14). The Kier molecular flexibility index (Phi) is 4.12. The number of hydrogen-bond acceptors (Lipinski definition) is 4. The fourth-order valence-corrected chi connectivity index (χ4v) is 3.02. The Bertz CT molecular complexity index is 536. The van der Waals surface area contributed by atoms with E-state index in [0.29, 0.717) is 5.75 Å². The molecule has 92 valence electrons. The van der Waals surface area contributed by atoms with Gasteiger partial charge in [-0.3, -0.25) is 4.21 Å². The highest BCUT2D eigenvalue weighted by Crippen LogP contribution is 2.26. The van der Waals surface area contributed by atoms with E-state index in [9.17, 15) is 4.21 Å². The van der Waals surface area contributed by atoms with Crippen molar-refractivity contribution in [3.63, 3.8) is 0 Å². The molecule has 1 heterocycles. The van der Waals surface area contributed by atoms with Crippen LogP contribution in [0.4, 0.5) is 5.13 Å².